The molecule has 0 aliphatic rings. The minimum absolute atomic E-state index is 0.0650. The summed E-state index contributed by atoms with van der Waals surface area (Å²) in [6.07, 6.45) is 3.36. The number of rotatable bonds is 6. The lowest BCUT2D eigenvalue weighted by atomic mass is 10.0. The number of carboxylic acids is 1. The van der Waals surface area contributed by atoms with Crippen LogP contribution in [-0.4, -0.2) is 26.8 Å². The highest BCUT2D eigenvalue weighted by Crippen LogP contribution is 2.18. The Morgan fingerprint density at radius 1 is 1.30 bits per heavy atom. The number of aryl methyl sites for hydroxylation is 1. The Morgan fingerprint density at radius 3 is 2.48 bits per heavy atom. The van der Waals surface area contributed by atoms with E-state index in [4.69, 9.17) is 5.11 Å². The smallest absolute Gasteiger partial charge is 0.338 e. The summed E-state index contributed by atoms with van der Waals surface area (Å²) in [6, 6.07) is 7.37. The van der Waals surface area contributed by atoms with Crippen LogP contribution in [0.15, 0.2) is 36.7 Å². The molecule has 23 heavy (non-hydrogen) atoms. The van der Waals surface area contributed by atoms with Gasteiger partial charge in [0.2, 0.25) is 5.91 Å². The molecule has 0 fully saturated rings. The van der Waals surface area contributed by atoms with Gasteiger partial charge in [0, 0.05) is 6.20 Å². The fraction of sp³-hybridized carbons (Fsp3) is 0.353. The Kier molecular flexibility index (Phi) is 5.16. The summed E-state index contributed by atoms with van der Waals surface area (Å²) in [5.74, 6) is -1.26. The molecule has 2 rings (SSSR count). The molecule has 2 unspecified atom stereocenters. The van der Waals surface area contributed by atoms with Gasteiger partial charge in [-0.1, -0.05) is 36.8 Å². The Hall–Kier alpha value is -2.63. The van der Waals surface area contributed by atoms with Gasteiger partial charge in [0.05, 0.1) is 17.8 Å². The highest BCUT2D eigenvalue weighted by atomic mass is 16.4. The van der Waals surface area contributed by atoms with Crippen molar-refractivity contribution in [2.24, 2.45) is 0 Å². The van der Waals surface area contributed by atoms with Crippen LogP contribution in [0.4, 0.5) is 0 Å². The molecule has 2 N–H and O–H groups in total. The SMILES string of the molecule is CCC(NC(=O)C(C)n1cc(C(=O)O)cn1)c1ccc(C)cc1. The molecule has 0 radical (unpaired) electrons. The minimum Gasteiger partial charge on any atom is -0.478 e. The molecular weight excluding hydrogens is 294 g/mol. The third-order valence-corrected chi connectivity index (χ3v) is 3.83. The zero-order valence-electron chi connectivity index (χ0n) is 13.5. The lowest BCUT2D eigenvalue weighted by Gasteiger charge is -2.20. The maximum Gasteiger partial charge on any atom is 0.338 e. The number of nitrogens with zero attached hydrogens (tertiary/aromatic N) is 2. The highest BCUT2D eigenvalue weighted by molar-refractivity contribution is 5.87. The predicted molar refractivity (Wildman–Crippen MR) is 86.3 cm³/mol. The van der Waals surface area contributed by atoms with E-state index in [-0.39, 0.29) is 17.5 Å². The molecule has 1 aromatic carbocycles. The number of carbonyl (C=O) groups excluding carboxylic acids is 1. The fourth-order valence-electron chi connectivity index (χ4n) is 2.29. The molecular formula is C17H21N3O3. The second-order valence-corrected chi connectivity index (χ2v) is 5.57. The van der Waals surface area contributed by atoms with Crippen LogP contribution >= 0.6 is 0 Å². The quantitative estimate of drug-likeness (QED) is 0.858. The first-order valence-corrected chi connectivity index (χ1v) is 7.56. The Morgan fingerprint density at radius 2 is 1.96 bits per heavy atom. The normalized spacial score (nSPS) is 13.3. The summed E-state index contributed by atoms with van der Waals surface area (Å²) in [6.45, 7) is 5.71. The number of amides is 1. The van der Waals surface area contributed by atoms with Gasteiger partial charge in [-0.3, -0.25) is 9.48 Å². The number of nitrogens with one attached hydrogen (secondary N) is 1. The van der Waals surface area contributed by atoms with Gasteiger partial charge in [-0.15, -0.1) is 0 Å². The molecule has 122 valence electrons. The molecule has 0 aliphatic heterocycles. The van der Waals surface area contributed by atoms with Gasteiger partial charge in [-0.25, -0.2) is 4.79 Å². The molecule has 2 aromatic rings. The van der Waals surface area contributed by atoms with Crippen LogP contribution in [0.3, 0.4) is 0 Å². The average molecular weight is 315 g/mol. The van der Waals surface area contributed by atoms with E-state index in [2.05, 4.69) is 10.4 Å². The van der Waals surface area contributed by atoms with Crippen LogP contribution in [0, 0.1) is 6.92 Å². The van der Waals surface area contributed by atoms with Crippen molar-refractivity contribution < 1.29 is 14.7 Å². The monoisotopic (exact) mass is 315 g/mol. The second kappa shape index (κ2) is 7.09. The number of benzene rings is 1. The van der Waals surface area contributed by atoms with Crippen molar-refractivity contribution in [1.82, 2.24) is 15.1 Å². The summed E-state index contributed by atoms with van der Waals surface area (Å²) in [5.41, 5.74) is 2.28. The standard InChI is InChI=1S/C17H21N3O3/c1-4-15(13-7-5-11(2)6-8-13)19-16(21)12(3)20-10-14(9-18-20)17(22)23/h5-10,12,15H,4H2,1-3H3,(H,19,21)(H,22,23). The van der Waals surface area contributed by atoms with Crippen molar-refractivity contribution in [1.29, 1.82) is 0 Å². The number of carbonyl (C=O) groups is 2. The maximum absolute atomic E-state index is 12.4. The number of aromatic nitrogens is 2. The topological polar surface area (TPSA) is 84.2 Å². The third-order valence-electron chi connectivity index (χ3n) is 3.83. The third kappa shape index (κ3) is 3.97. The van der Waals surface area contributed by atoms with Gasteiger partial charge < -0.3 is 10.4 Å². The molecule has 0 aliphatic carbocycles. The Labute approximate surface area is 135 Å². The van der Waals surface area contributed by atoms with E-state index in [1.54, 1.807) is 6.92 Å². The first kappa shape index (κ1) is 16.7. The highest BCUT2D eigenvalue weighted by Gasteiger charge is 2.20. The summed E-state index contributed by atoms with van der Waals surface area (Å²) < 4.78 is 1.36. The van der Waals surface area contributed by atoms with Gasteiger partial charge >= 0.3 is 5.97 Å². The number of hydrogen-bond acceptors (Lipinski definition) is 3. The van der Waals surface area contributed by atoms with Gasteiger partial charge in [0.15, 0.2) is 0 Å². The van der Waals surface area contributed by atoms with Crippen molar-refractivity contribution >= 4 is 11.9 Å². The zero-order valence-corrected chi connectivity index (χ0v) is 13.5. The first-order chi connectivity index (χ1) is 10.9. The van der Waals surface area contributed by atoms with Crippen LogP contribution in [0.2, 0.25) is 0 Å². The van der Waals surface area contributed by atoms with Gasteiger partial charge in [0.1, 0.15) is 6.04 Å². The molecule has 0 saturated heterocycles. The van der Waals surface area contributed by atoms with Gasteiger partial charge in [-0.2, -0.15) is 5.10 Å². The second-order valence-electron chi connectivity index (χ2n) is 5.57. The Bertz CT molecular complexity index is 691. The number of aromatic carboxylic acids is 1. The van der Waals surface area contributed by atoms with E-state index in [1.165, 1.54) is 22.6 Å². The summed E-state index contributed by atoms with van der Waals surface area (Å²) >= 11 is 0. The van der Waals surface area contributed by atoms with Crippen molar-refractivity contribution in [3.63, 3.8) is 0 Å². The van der Waals surface area contributed by atoms with E-state index in [1.807, 2.05) is 38.1 Å². The molecule has 1 amide bonds. The maximum atomic E-state index is 12.4. The number of hydrogen-bond donors (Lipinski definition) is 2. The van der Waals surface area contributed by atoms with E-state index in [0.717, 1.165) is 12.0 Å². The molecule has 6 heteroatoms. The first-order valence-electron chi connectivity index (χ1n) is 7.56. The van der Waals surface area contributed by atoms with Gasteiger partial charge in [0.25, 0.3) is 0 Å². The molecule has 6 nitrogen and oxygen atoms in total. The zero-order chi connectivity index (χ0) is 17.0. The lowest BCUT2D eigenvalue weighted by Crippen LogP contribution is -2.34. The molecule has 0 saturated carbocycles. The number of carboxylic acid groups (broad SMARTS) is 1. The summed E-state index contributed by atoms with van der Waals surface area (Å²) in [4.78, 5) is 23.3. The van der Waals surface area contributed by atoms with Crippen molar-refractivity contribution in [2.75, 3.05) is 0 Å². The van der Waals surface area contributed by atoms with E-state index < -0.39 is 12.0 Å². The summed E-state index contributed by atoms with van der Waals surface area (Å²) in [7, 11) is 0. The van der Waals surface area contributed by atoms with Crippen LogP contribution in [-0.2, 0) is 4.79 Å². The largest absolute Gasteiger partial charge is 0.478 e. The molecule has 2 atom stereocenters. The molecule has 0 bridgehead atoms. The predicted octanol–water partition coefficient (Wildman–Crippen LogP) is 2.72. The van der Waals surface area contributed by atoms with Crippen LogP contribution in [0.1, 0.15) is 53.8 Å². The van der Waals surface area contributed by atoms with Crippen molar-refractivity contribution in [3.8, 4) is 0 Å². The van der Waals surface area contributed by atoms with Crippen LogP contribution in [0.5, 0.6) is 0 Å². The van der Waals surface area contributed by atoms with E-state index >= 15 is 0 Å². The molecule has 1 aromatic heterocycles. The van der Waals surface area contributed by atoms with Crippen LogP contribution < -0.4 is 5.32 Å². The fourth-order valence-corrected chi connectivity index (χ4v) is 2.29. The van der Waals surface area contributed by atoms with Crippen molar-refractivity contribution in [3.05, 3.63) is 53.3 Å². The van der Waals surface area contributed by atoms with Crippen molar-refractivity contribution in [2.45, 2.75) is 39.3 Å². The van der Waals surface area contributed by atoms with Gasteiger partial charge in [-0.05, 0) is 25.8 Å². The van der Waals surface area contributed by atoms with E-state index in [9.17, 15) is 9.59 Å². The van der Waals surface area contributed by atoms with Crippen LogP contribution in [0.25, 0.3) is 0 Å². The molecule has 0 spiro atoms. The lowest BCUT2D eigenvalue weighted by molar-refractivity contribution is -0.124. The summed E-state index contributed by atoms with van der Waals surface area (Å²) in [5, 5.41) is 15.9. The Balaban J connectivity index is 2.08. The molecule has 1 heterocycles. The average Bonchev–Trinajstić information content (AvgIpc) is 3.02. The van der Waals surface area contributed by atoms with E-state index in [0.29, 0.717) is 0 Å². The minimum atomic E-state index is -1.06.